The topological polar surface area (TPSA) is 85.2 Å². The van der Waals surface area contributed by atoms with Gasteiger partial charge >= 0.3 is 12.1 Å². The van der Waals surface area contributed by atoms with Crippen molar-refractivity contribution >= 4 is 34.0 Å². The van der Waals surface area contributed by atoms with Gasteiger partial charge in [0.2, 0.25) is 0 Å². The number of halogens is 3. The van der Waals surface area contributed by atoms with Gasteiger partial charge in [0, 0.05) is 17.4 Å². The molecule has 214 valence electrons. The molecule has 1 amide bonds. The quantitative estimate of drug-likeness (QED) is 0.315. The lowest BCUT2D eigenvalue weighted by Crippen LogP contribution is -2.35. The molecule has 3 atom stereocenters. The number of carbonyl (C=O) groups is 2. The van der Waals surface area contributed by atoms with Crippen molar-refractivity contribution in [3.63, 3.8) is 0 Å². The first-order valence-corrected chi connectivity index (χ1v) is 14.3. The van der Waals surface area contributed by atoms with Crippen LogP contribution in [0.1, 0.15) is 89.5 Å². The number of rotatable bonds is 5. The van der Waals surface area contributed by atoms with Gasteiger partial charge in [-0.3, -0.25) is 4.79 Å². The van der Waals surface area contributed by atoms with Gasteiger partial charge in [0.05, 0.1) is 18.2 Å². The van der Waals surface area contributed by atoms with E-state index in [1.54, 1.807) is 37.3 Å². The van der Waals surface area contributed by atoms with Crippen LogP contribution in [0.15, 0.2) is 36.4 Å². The minimum Gasteiger partial charge on any atom is -0.462 e. The summed E-state index contributed by atoms with van der Waals surface area (Å²) in [5, 5.41) is 10.3. The molecule has 5 rings (SSSR count). The Hall–Kier alpha value is -3.34. The van der Waals surface area contributed by atoms with Crippen LogP contribution in [0.4, 0.5) is 24.0 Å². The molecular formula is C29H33F3N4O3S. The summed E-state index contributed by atoms with van der Waals surface area (Å²) in [5.41, 5.74) is 1.85. The predicted octanol–water partition coefficient (Wildman–Crippen LogP) is 7.18. The molecule has 0 radical (unpaired) electrons. The third kappa shape index (κ3) is 5.48. The molecule has 3 aromatic rings. The van der Waals surface area contributed by atoms with Crippen molar-refractivity contribution in [2.45, 2.75) is 71.6 Å². The number of ether oxygens (including phenoxy) is 1. The zero-order valence-corrected chi connectivity index (χ0v) is 23.7. The summed E-state index contributed by atoms with van der Waals surface area (Å²) in [6, 6.07) is 7.73. The maximum atomic E-state index is 14.1. The second-order valence-corrected chi connectivity index (χ2v) is 12.6. The van der Waals surface area contributed by atoms with Crippen molar-refractivity contribution < 1.29 is 27.5 Å². The number of hydrogen-bond donors (Lipinski definition) is 2. The molecule has 1 aliphatic heterocycles. The zero-order valence-electron chi connectivity index (χ0n) is 22.9. The number of carbonyl (C=O) groups excluding carboxylic acids is 2. The minimum atomic E-state index is -4.56. The van der Waals surface area contributed by atoms with E-state index in [9.17, 15) is 22.8 Å². The number of nitrogens with one attached hydrogen (secondary N) is 2. The van der Waals surface area contributed by atoms with Gasteiger partial charge in [-0.25, -0.2) is 9.48 Å². The average Bonchev–Trinajstić information content (AvgIpc) is 3.48. The molecular weight excluding hydrogens is 541 g/mol. The number of anilines is 2. The van der Waals surface area contributed by atoms with Gasteiger partial charge in [-0.2, -0.15) is 18.3 Å². The van der Waals surface area contributed by atoms with Crippen molar-refractivity contribution in [2.75, 3.05) is 17.2 Å². The number of amides is 1. The highest BCUT2D eigenvalue weighted by atomic mass is 32.1. The number of esters is 1. The van der Waals surface area contributed by atoms with Gasteiger partial charge in [-0.15, -0.1) is 11.3 Å². The van der Waals surface area contributed by atoms with Crippen LogP contribution in [-0.2, 0) is 17.6 Å². The van der Waals surface area contributed by atoms with Gasteiger partial charge in [0.25, 0.3) is 5.91 Å². The van der Waals surface area contributed by atoms with Crippen LogP contribution in [0.3, 0.4) is 0 Å². The van der Waals surface area contributed by atoms with Crippen LogP contribution in [0.2, 0.25) is 0 Å². The van der Waals surface area contributed by atoms with Crippen molar-refractivity contribution in [1.82, 2.24) is 9.78 Å². The fourth-order valence-corrected chi connectivity index (χ4v) is 6.90. The lowest BCUT2D eigenvalue weighted by atomic mass is 9.72. The number of thiophene rings is 1. The standard InChI is InChI=1S/C29H33F3N4O3S/c1-5-39-27(38)24-18-12-11-17(28(2,3)4)13-21(18)40-26(24)34-25(37)20-15-23-33-19(16-9-7-6-8-10-16)14-22(29(30,31)32)36(23)35-20/h6-10,15,17,19,22,33H,5,11-14H2,1-4H3,(H,34,37)/t17-,19+,22-/m0/s1. The van der Waals surface area contributed by atoms with Crippen molar-refractivity contribution in [2.24, 2.45) is 11.3 Å². The van der Waals surface area contributed by atoms with Gasteiger partial charge in [-0.05, 0) is 48.6 Å². The molecule has 0 fully saturated rings. The van der Waals surface area contributed by atoms with Gasteiger partial charge in [0.15, 0.2) is 11.7 Å². The molecule has 0 unspecified atom stereocenters. The fraction of sp³-hybridized carbons (Fsp3) is 0.483. The second-order valence-electron chi connectivity index (χ2n) is 11.4. The van der Waals surface area contributed by atoms with E-state index in [0.29, 0.717) is 28.5 Å². The highest BCUT2D eigenvalue weighted by Gasteiger charge is 2.47. The number of hydrogen-bond acceptors (Lipinski definition) is 6. The molecule has 1 aromatic carbocycles. The zero-order chi connectivity index (χ0) is 28.8. The third-order valence-corrected chi connectivity index (χ3v) is 8.99. The maximum Gasteiger partial charge on any atom is 0.410 e. The first kappa shape index (κ1) is 28.2. The molecule has 11 heteroatoms. The molecule has 2 N–H and O–H groups in total. The molecule has 0 saturated carbocycles. The first-order chi connectivity index (χ1) is 18.9. The smallest absolute Gasteiger partial charge is 0.410 e. The Morgan fingerprint density at radius 3 is 2.58 bits per heavy atom. The van der Waals surface area contributed by atoms with Gasteiger partial charge in [0.1, 0.15) is 10.8 Å². The Bertz CT molecular complexity index is 1410. The van der Waals surface area contributed by atoms with Crippen molar-refractivity contribution in [3.8, 4) is 0 Å². The predicted molar refractivity (Wildman–Crippen MR) is 148 cm³/mol. The van der Waals surface area contributed by atoms with Crippen LogP contribution in [0, 0.1) is 11.3 Å². The van der Waals surface area contributed by atoms with E-state index in [-0.39, 0.29) is 30.0 Å². The number of nitrogens with zero attached hydrogens (tertiary/aromatic N) is 2. The maximum absolute atomic E-state index is 14.1. The summed E-state index contributed by atoms with van der Waals surface area (Å²) in [7, 11) is 0. The van der Waals surface area contributed by atoms with E-state index in [1.165, 1.54) is 17.4 Å². The van der Waals surface area contributed by atoms with E-state index < -0.39 is 30.1 Å². The first-order valence-electron chi connectivity index (χ1n) is 13.5. The van der Waals surface area contributed by atoms with Crippen LogP contribution < -0.4 is 10.6 Å². The van der Waals surface area contributed by atoms with E-state index in [0.717, 1.165) is 28.0 Å². The summed E-state index contributed by atoms with van der Waals surface area (Å²) >= 11 is 1.33. The molecule has 1 aliphatic carbocycles. The van der Waals surface area contributed by atoms with Crippen LogP contribution in [-0.4, -0.2) is 34.4 Å². The van der Waals surface area contributed by atoms with Crippen molar-refractivity contribution in [3.05, 3.63) is 63.7 Å². The number of fused-ring (bicyclic) bond motifs is 2. The van der Waals surface area contributed by atoms with Gasteiger partial charge in [-0.1, -0.05) is 51.1 Å². The minimum absolute atomic E-state index is 0.0876. The molecule has 2 aliphatic rings. The monoisotopic (exact) mass is 574 g/mol. The SMILES string of the molecule is CCOC(=O)c1c(NC(=O)c2cc3n(n2)[C@H](C(F)(F)F)C[C@H](c2ccccc2)N3)sc2c1CC[C@H](C(C)(C)C)C2. The summed E-state index contributed by atoms with van der Waals surface area (Å²) in [5.74, 6) is -0.674. The molecule has 40 heavy (non-hydrogen) atoms. The van der Waals surface area contributed by atoms with Gasteiger partial charge < -0.3 is 15.4 Å². The number of aromatic nitrogens is 2. The van der Waals surface area contributed by atoms with Crippen LogP contribution >= 0.6 is 11.3 Å². The average molecular weight is 575 g/mol. The normalized spacial score (nSPS) is 20.7. The number of benzene rings is 1. The summed E-state index contributed by atoms with van der Waals surface area (Å²) < 4.78 is 48.4. The summed E-state index contributed by atoms with van der Waals surface area (Å²) in [6.45, 7) is 8.47. The molecule has 0 spiro atoms. The van der Waals surface area contributed by atoms with Crippen molar-refractivity contribution in [1.29, 1.82) is 0 Å². The molecule has 7 nitrogen and oxygen atoms in total. The molecule has 3 heterocycles. The fourth-order valence-electron chi connectivity index (χ4n) is 5.59. The van der Waals surface area contributed by atoms with E-state index >= 15 is 0 Å². The lowest BCUT2D eigenvalue weighted by molar-refractivity contribution is -0.173. The van der Waals surface area contributed by atoms with E-state index in [1.807, 2.05) is 0 Å². The summed E-state index contributed by atoms with van der Waals surface area (Å²) in [4.78, 5) is 27.4. The Kier molecular flexibility index (Phi) is 7.45. The summed E-state index contributed by atoms with van der Waals surface area (Å²) in [6.07, 6.45) is -2.44. The highest BCUT2D eigenvalue weighted by molar-refractivity contribution is 7.17. The van der Waals surface area contributed by atoms with Crippen LogP contribution in [0.5, 0.6) is 0 Å². The number of alkyl halides is 3. The molecule has 0 saturated heterocycles. The van der Waals surface area contributed by atoms with E-state index in [2.05, 4.69) is 36.5 Å². The van der Waals surface area contributed by atoms with Crippen LogP contribution in [0.25, 0.3) is 0 Å². The Balaban J connectivity index is 1.45. The largest absolute Gasteiger partial charge is 0.462 e. The van der Waals surface area contributed by atoms with E-state index in [4.69, 9.17) is 4.74 Å². The molecule has 0 bridgehead atoms. The Morgan fingerprint density at radius 2 is 1.93 bits per heavy atom. The second kappa shape index (κ2) is 10.6. The highest BCUT2D eigenvalue weighted by Crippen LogP contribution is 2.46. The lowest BCUT2D eigenvalue weighted by Gasteiger charge is -2.33. The Labute approximate surface area is 235 Å². The Morgan fingerprint density at radius 1 is 1.20 bits per heavy atom. The third-order valence-electron chi connectivity index (χ3n) is 7.82. The molecule has 2 aromatic heterocycles.